The summed E-state index contributed by atoms with van der Waals surface area (Å²) < 4.78 is 5.15. The summed E-state index contributed by atoms with van der Waals surface area (Å²) in [4.78, 5) is 0. The van der Waals surface area contributed by atoms with Gasteiger partial charge in [-0.15, -0.1) is 0 Å². The van der Waals surface area contributed by atoms with Gasteiger partial charge in [0.05, 0.1) is 23.2 Å². The van der Waals surface area contributed by atoms with Crippen LogP contribution < -0.4 is 10.1 Å². The van der Waals surface area contributed by atoms with E-state index in [0.29, 0.717) is 17.0 Å². The molecule has 0 saturated carbocycles. The lowest BCUT2D eigenvalue weighted by Crippen LogP contribution is -2.07. The lowest BCUT2D eigenvalue weighted by molar-refractivity contribution is 0.410. The Labute approximate surface area is 132 Å². The number of phenolic OH excluding ortho intramolecular Hbond substituents is 2. The minimum Gasteiger partial charge on any atom is -0.508 e. The smallest absolute Gasteiger partial charge is 0.152 e. The third-order valence-electron chi connectivity index (χ3n) is 3.10. The molecule has 4 nitrogen and oxygen atoms in total. The molecule has 0 fully saturated rings. The molecule has 0 bridgehead atoms. The van der Waals surface area contributed by atoms with E-state index in [-0.39, 0.29) is 27.6 Å². The maximum Gasteiger partial charge on any atom is 0.152 e. The fourth-order valence-electron chi connectivity index (χ4n) is 1.98. The number of ether oxygens (including phenoxy) is 1. The van der Waals surface area contributed by atoms with Crippen molar-refractivity contribution in [2.24, 2.45) is 0 Å². The Morgan fingerprint density at radius 2 is 1.71 bits per heavy atom. The zero-order valence-corrected chi connectivity index (χ0v) is 13.0. The normalized spacial score (nSPS) is 12.0. The first-order valence-corrected chi connectivity index (χ1v) is 6.99. The minimum atomic E-state index is -0.211. The summed E-state index contributed by atoms with van der Waals surface area (Å²) in [5.41, 5.74) is 1.31. The summed E-state index contributed by atoms with van der Waals surface area (Å²) in [6.07, 6.45) is 0. The van der Waals surface area contributed by atoms with Crippen LogP contribution in [0.3, 0.4) is 0 Å². The van der Waals surface area contributed by atoms with E-state index >= 15 is 0 Å². The van der Waals surface area contributed by atoms with Crippen LogP contribution in [0, 0.1) is 0 Å². The van der Waals surface area contributed by atoms with Gasteiger partial charge in [-0.2, -0.15) is 0 Å². The molecule has 1 atom stereocenters. The summed E-state index contributed by atoms with van der Waals surface area (Å²) in [6.45, 7) is 1.88. The SMILES string of the molecule is COc1ccc(O)c(C(C)Nc2cc(Cl)c(O)c(Cl)c2)c1. The van der Waals surface area contributed by atoms with E-state index in [2.05, 4.69) is 5.32 Å². The number of anilines is 1. The molecule has 0 saturated heterocycles. The molecule has 1 unspecified atom stereocenters. The average molecular weight is 328 g/mol. The summed E-state index contributed by atoms with van der Waals surface area (Å²) in [5.74, 6) is 0.658. The van der Waals surface area contributed by atoms with Crippen molar-refractivity contribution in [1.29, 1.82) is 0 Å². The van der Waals surface area contributed by atoms with Gasteiger partial charge in [-0.3, -0.25) is 0 Å². The average Bonchev–Trinajstić information content (AvgIpc) is 2.45. The molecule has 21 heavy (non-hydrogen) atoms. The van der Waals surface area contributed by atoms with Crippen molar-refractivity contribution in [2.45, 2.75) is 13.0 Å². The van der Waals surface area contributed by atoms with E-state index < -0.39 is 0 Å². The topological polar surface area (TPSA) is 61.7 Å². The van der Waals surface area contributed by atoms with Crippen molar-refractivity contribution in [3.63, 3.8) is 0 Å². The van der Waals surface area contributed by atoms with Crippen LogP contribution in [0.5, 0.6) is 17.2 Å². The third kappa shape index (κ3) is 3.46. The molecule has 3 N–H and O–H groups in total. The van der Waals surface area contributed by atoms with E-state index in [1.54, 1.807) is 37.4 Å². The van der Waals surface area contributed by atoms with Crippen LogP contribution in [0.4, 0.5) is 5.69 Å². The summed E-state index contributed by atoms with van der Waals surface area (Å²) >= 11 is 11.8. The van der Waals surface area contributed by atoms with E-state index in [0.717, 1.165) is 0 Å². The highest BCUT2D eigenvalue weighted by Gasteiger charge is 2.13. The summed E-state index contributed by atoms with van der Waals surface area (Å²) in [5, 5.41) is 23.0. The molecule has 0 heterocycles. The molecule has 0 radical (unpaired) electrons. The van der Waals surface area contributed by atoms with Crippen LogP contribution in [0.2, 0.25) is 10.0 Å². The highest BCUT2D eigenvalue weighted by atomic mass is 35.5. The van der Waals surface area contributed by atoms with Gasteiger partial charge in [0, 0.05) is 11.3 Å². The predicted molar refractivity (Wildman–Crippen MR) is 84.8 cm³/mol. The molecule has 0 aromatic heterocycles. The number of aromatic hydroxyl groups is 2. The van der Waals surface area contributed by atoms with E-state index in [1.165, 1.54) is 0 Å². The Morgan fingerprint density at radius 1 is 1.10 bits per heavy atom. The second-order valence-corrected chi connectivity index (χ2v) is 5.39. The quantitative estimate of drug-likeness (QED) is 0.719. The Kier molecular flexibility index (Phi) is 4.70. The van der Waals surface area contributed by atoms with Gasteiger partial charge >= 0.3 is 0 Å². The number of benzene rings is 2. The molecule has 0 spiro atoms. The maximum atomic E-state index is 9.94. The second-order valence-electron chi connectivity index (χ2n) is 4.58. The molecule has 0 aliphatic rings. The van der Waals surface area contributed by atoms with Gasteiger partial charge in [0.1, 0.15) is 11.5 Å². The van der Waals surface area contributed by atoms with Crippen molar-refractivity contribution in [1.82, 2.24) is 0 Å². The van der Waals surface area contributed by atoms with Gasteiger partial charge in [0.2, 0.25) is 0 Å². The van der Waals surface area contributed by atoms with Gasteiger partial charge in [-0.25, -0.2) is 0 Å². The highest BCUT2D eigenvalue weighted by Crippen LogP contribution is 2.36. The second kappa shape index (κ2) is 6.33. The molecule has 0 aliphatic heterocycles. The lowest BCUT2D eigenvalue weighted by atomic mass is 10.1. The van der Waals surface area contributed by atoms with Gasteiger partial charge < -0.3 is 20.3 Å². The van der Waals surface area contributed by atoms with Crippen LogP contribution in [0.15, 0.2) is 30.3 Å². The Hall–Kier alpha value is -1.78. The standard InChI is InChI=1S/C15H15Cl2NO3/c1-8(11-7-10(21-2)3-4-14(11)19)18-9-5-12(16)15(20)13(17)6-9/h3-8,18-20H,1-2H3. The van der Waals surface area contributed by atoms with E-state index in [4.69, 9.17) is 27.9 Å². The molecule has 0 amide bonds. The van der Waals surface area contributed by atoms with Crippen LogP contribution in [0.1, 0.15) is 18.5 Å². The first kappa shape index (κ1) is 15.6. The minimum absolute atomic E-state index is 0.152. The Morgan fingerprint density at radius 3 is 2.29 bits per heavy atom. The molecular formula is C15H15Cl2NO3. The summed E-state index contributed by atoms with van der Waals surface area (Å²) in [7, 11) is 1.56. The maximum absolute atomic E-state index is 9.94. The van der Waals surface area contributed by atoms with Crippen molar-refractivity contribution < 1.29 is 14.9 Å². The van der Waals surface area contributed by atoms with Crippen LogP contribution in [-0.2, 0) is 0 Å². The molecule has 0 aliphatic carbocycles. The number of phenols is 2. The number of methoxy groups -OCH3 is 1. The lowest BCUT2D eigenvalue weighted by Gasteiger charge is -2.18. The highest BCUT2D eigenvalue weighted by molar-refractivity contribution is 6.37. The van der Waals surface area contributed by atoms with Crippen molar-refractivity contribution in [2.75, 3.05) is 12.4 Å². The number of rotatable bonds is 4. The fraction of sp³-hybridized carbons (Fsp3) is 0.200. The molecule has 2 aromatic carbocycles. The fourth-order valence-corrected chi connectivity index (χ4v) is 2.47. The Bertz CT molecular complexity index is 638. The zero-order chi connectivity index (χ0) is 15.6. The molecule has 2 aromatic rings. The van der Waals surface area contributed by atoms with Crippen molar-refractivity contribution in [3.8, 4) is 17.2 Å². The number of hydrogen-bond acceptors (Lipinski definition) is 4. The van der Waals surface area contributed by atoms with Crippen LogP contribution >= 0.6 is 23.2 Å². The van der Waals surface area contributed by atoms with Crippen molar-refractivity contribution >= 4 is 28.9 Å². The summed E-state index contributed by atoms with van der Waals surface area (Å²) in [6, 6.07) is 7.92. The monoisotopic (exact) mass is 327 g/mol. The first-order chi connectivity index (χ1) is 9.92. The number of hydrogen-bond donors (Lipinski definition) is 3. The number of nitrogens with one attached hydrogen (secondary N) is 1. The van der Waals surface area contributed by atoms with Gasteiger partial charge in [0.15, 0.2) is 5.75 Å². The van der Waals surface area contributed by atoms with Gasteiger partial charge in [0.25, 0.3) is 0 Å². The number of halogens is 2. The molecular weight excluding hydrogens is 313 g/mol. The van der Waals surface area contributed by atoms with E-state index in [1.807, 2.05) is 6.92 Å². The Balaban J connectivity index is 2.27. The predicted octanol–water partition coefficient (Wildman–Crippen LogP) is 4.59. The molecule has 6 heteroatoms. The van der Waals surface area contributed by atoms with E-state index in [9.17, 15) is 10.2 Å². The zero-order valence-electron chi connectivity index (χ0n) is 11.5. The third-order valence-corrected chi connectivity index (χ3v) is 3.68. The van der Waals surface area contributed by atoms with Crippen LogP contribution in [0.25, 0.3) is 0 Å². The van der Waals surface area contributed by atoms with Crippen LogP contribution in [-0.4, -0.2) is 17.3 Å². The van der Waals surface area contributed by atoms with Gasteiger partial charge in [-0.1, -0.05) is 23.2 Å². The molecule has 2 rings (SSSR count). The van der Waals surface area contributed by atoms with Crippen molar-refractivity contribution in [3.05, 3.63) is 45.9 Å². The van der Waals surface area contributed by atoms with Gasteiger partial charge in [-0.05, 0) is 37.3 Å². The first-order valence-electron chi connectivity index (χ1n) is 6.23. The molecule has 112 valence electrons. The largest absolute Gasteiger partial charge is 0.508 e.